The minimum Gasteiger partial charge on any atom is -0.333 e. The van der Waals surface area contributed by atoms with Gasteiger partial charge in [-0.1, -0.05) is 100 Å². The molecule has 0 saturated heterocycles. The van der Waals surface area contributed by atoms with Crippen LogP contribution in [0.3, 0.4) is 0 Å². The minimum atomic E-state index is 0.150. The number of rotatable bonds is 6. The van der Waals surface area contributed by atoms with Gasteiger partial charge in [0.05, 0.1) is 27.8 Å². The first-order valence-electron chi connectivity index (χ1n) is 18.2. The van der Waals surface area contributed by atoms with E-state index in [4.69, 9.17) is 9.97 Å². The topological polar surface area (TPSA) is 38.9 Å². The van der Waals surface area contributed by atoms with Crippen LogP contribution in [-0.2, 0) is 0 Å². The van der Waals surface area contributed by atoms with Crippen molar-refractivity contribution < 1.29 is 0 Å². The Balaban J connectivity index is 1.25. The van der Waals surface area contributed by atoms with E-state index in [1.54, 1.807) is 0 Å². The van der Waals surface area contributed by atoms with E-state index in [0.29, 0.717) is 14.5 Å². The summed E-state index contributed by atoms with van der Waals surface area (Å²) in [6, 6.07) is 43.8. The fourth-order valence-electron chi connectivity index (χ4n) is 8.14. The number of benzene rings is 5. The summed E-state index contributed by atoms with van der Waals surface area (Å²) < 4.78 is 4.72. The molecule has 7 aromatic rings. The lowest BCUT2D eigenvalue weighted by atomic mass is 9.97. The molecule has 2 aliphatic carbocycles. The van der Waals surface area contributed by atoms with Crippen molar-refractivity contribution in [3.05, 3.63) is 169 Å². The van der Waals surface area contributed by atoms with Crippen LogP contribution in [-0.4, -0.2) is 19.1 Å². The SMILES string of the molecule is CC1CC=CC=C1n1c(-c2cc(-c3nc4ccccc4n3-c3ccccc3)cc(C3Pc4ccccc4N3C3=CC=CCC3)c2)nc2ccccc21. The lowest BCUT2D eigenvalue weighted by Crippen LogP contribution is -2.23. The van der Waals surface area contributed by atoms with Crippen molar-refractivity contribution in [1.82, 2.24) is 19.1 Å². The Hall–Kier alpha value is -5.77. The maximum Gasteiger partial charge on any atom is 0.145 e. The molecule has 6 heteroatoms. The lowest BCUT2D eigenvalue weighted by molar-refractivity contribution is 0.720. The Bertz CT molecular complexity index is 2620. The van der Waals surface area contributed by atoms with Crippen molar-refractivity contribution in [2.24, 2.45) is 5.92 Å². The quantitative estimate of drug-likeness (QED) is 0.163. The number of imidazole rings is 2. The summed E-state index contributed by atoms with van der Waals surface area (Å²) in [5.41, 5.74) is 12.7. The molecular weight excluding hydrogens is 654 g/mol. The maximum atomic E-state index is 5.41. The van der Waals surface area contributed by atoms with Gasteiger partial charge < -0.3 is 4.90 Å². The Morgan fingerprint density at radius 2 is 1.31 bits per heavy atom. The fraction of sp³-hybridized carbons (Fsp3) is 0.130. The predicted molar refractivity (Wildman–Crippen MR) is 218 cm³/mol. The van der Waals surface area contributed by atoms with Gasteiger partial charge in [0.25, 0.3) is 0 Å². The average Bonchev–Trinajstić information content (AvgIpc) is 3.91. The molecule has 0 radical (unpaired) electrons. The third-order valence-electron chi connectivity index (χ3n) is 10.6. The summed E-state index contributed by atoms with van der Waals surface area (Å²) in [7, 11) is 0.596. The number of nitrogens with zero attached hydrogens (tertiary/aromatic N) is 5. The normalized spacial score (nSPS) is 18.7. The number of anilines is 1. The van der Waals surface area contributed by atoms with Gasteiger partial charge in [0.2, 0.25) is 0 Å². The molecule has 52 heavy (non-hydrogen) atoms. The molecule has 5 nitrogen and oxygen atoms in total. The molecule has 0 amide bonds. The van der Waals surface area contributed by atoms with Crippen molar-refractivity contribution in [1.29, 1.82) is 0 Å². The second kappa shape index (κ2) is 12.8. The molecule has 0 N–H and O–H groups in total. The Morgan fingerprint density at radius 1 is 0.654 bits per heavy atom. The third kappa shape index (κ3) is 5.19. The highest BCUT2D eigenvalue weighted by Gasteiger charge is 2.34. The number of fused-ring (bicyclic) bond motifs is 3. The van der Waals surface area contributed by atoms with E-state index in [1.165, 1.54) is 27.9 Å². The average molecular weight is 692 g/mol. The summed E-state index contributed by atoms with van der Waals surface area (Å²) in [5, 5.41) is 1.41. The van der Waals surface area contributed by atoms with Crippen LogP contribution in [0.15, 0.2) is 163 Å². The largest absolute Gasteiger partial charge is 0.333 e. The van der Waals surface area contributed by atoms with E-state index < -0.39 is 0 Å². The highest BCUT2D eigenvalue weighted by molar-refractivity contribution is 7.49. The number of aromatic nitrogens is 4. The van der Waals surface area contributed by atoms with Gasteiger partial charge in [-0.05, 0) is 103 Å². The van der Waals surface area contributed by atoms with Crippen LogP contribution < -0.4 is 10.2 Å². The van der Waals surface area contributed by atoms with Gasteiger partial charge >= 0.3 is 0 Å². The molecule has 0 saturated carbocycles. The van der Waals surface area contributed by atoms with Gasteiger partial charge in [0, 0.05) is 39.8 Å². The van der Waals surface area contributed by atoms with Crippen molar-refractivity contribution in [3.8, 4) is 28.5 Å². The van der Waals surface area contributed by atoms with Gasteiger partial charge in [0.15, 0.2) is 0 Å². The molecule has 5 aromatic carbocycles. The molecule has 2 aromatic heterocycles. The summed E-state index contributed by atoms with van der Waals surface area (Å²) in [6.45, 7) is 2.32. The molecule has 3 aliphatic rings. The van der Waals surface area contributed by atoms with Crippen LogP contribution in [0.5, 0.6) is 0 Å². The van der Waals surface area contributed by atoms with Crippen molar-refractivity contribution in [2.45, 2.75) is 32.0 Å². The Kier molecular flexibility index (Phi) is 7.62. The zero-order valence-electron chi connectivity index (χ0n) is 29.0. The Labute approximate surface area is 305 Å². The molecule has 3 unspecified atom stereocenters. The summed E-state index contributed by atoms with van der Waals surface area (Å²) >= 11 is 0. The fourth-order valence-corrected chi connectivity index (χ4v) is 9.74. The van der Waals surface area contributed by atoms with Crippen molar-refractivity contribution in [3.63, 3.8) is 0 Å². The molecular formula is C46H38N5P. The van der Waals surface area contributed by atoms with Gasteiger partial charge in [-0.25, -0.2) is 9.97 Å². The molecule has 3 atom stereocenters. The highest BCUT2D eigenvalue weighted by atomic mass is 31.1. The zero-order chi connectivity index (χ0) is 34.6. The van der Waals surface area contributed by atoms with Crippen LogP contribution in [0.1, 0.15) is 37.5 Å². The maximum absolute atomic E-state index is 5.41. The third-order valence-corrected chi connectivity index (χ3v) is 12.2. The second-order valence-electron chi connectivity index (χ2n) is 13.9. The first kappa shape index (κ1) is 31.0. The molecule has 0 spiro atoms. The summed E-state index contributed by atoms with van der Waals surface area (Å²) in [4.78, 5) is 13.4. The van der Waals surface area contributed by atoms with Crippen LogP contribution >= 0.6 is 8.58 Å². The summed E-state index contributed by atoms with van der Waals surface area (Å²) in [6.07, 6.45) is 16.6. The van der Waals surface area contributed by atoms with E-state index in [-0.39, 0.29) is 5.78 Å². The lowest BCUT2D eigenvalue weighted by Gasteiger charge is -2.31. The van der Waals surface area contributed by atoms with Crippen LogP contribution in [0.2, 0.25) is 0 Å². The standard InChI is InChI=1S/C46H38N5P/c1-31-16-8-11-23-39(31)51-41-25-13-10-22-38(41)48-45(51)33-28-32(44-47-37-21-9-12-24-40(37)49(44)35-17-4-2-5-18-35)29-34(30-33)46-50(36-19-6-3-7-20-36)42-26-14-15-27-43(42)52-46/h2-6,8-15,17-19,21-31,46,52H,7,16,20H2,1H3. The predicted octanol–water partition coefficient (Wildman–Crippen LogP) is 11.2. The molecule has 252 valence electrons. The minimum absolute atomic E-state index is 0.150. The second-order valence-corrected chi connectivity index (χ2v) is 15.3. The molecule has 1 aliphatic heterocycles. The first-order valence-corrected chi connectivity index (χ1v) is 19.3. The van der Waals surface area contributed by atoms with Crippen molar-refractivity contribution in [2.75, 3.05) is 4.90 Å². The molecule has 10 rings (SSSR count). The first-order chi connectivity index (χ1) is 25.7. The van der Waals surface area contributed by atoms with Crippen LogP contribution in [0.25, 0.3) is 56.2 Å². The van der Waals surface area contributed by atoms with Crippen LogP contribution in [0, 0.1) is 5.92 Å². The highest BCUT2D eigenvalue weighted by Crippen LogP contribution is 2.51. The number of para-hydroxylation sites is 6. The van der Waals surface area contributed by atoms with Gasteiger partial charge in [0.1, 0.15) is 11.6 Å². The smallest absolute Gasteiger partial charge is 0.145 e. The van der Waals surface area contributed by atoms with E-state index in [1.807, 2.05) is 0 Å². The van der Waals surface area contributed by atoms with E-state index in [0.717, 1.165) is 69.8 Å². The van der Waals surface area contributed by atoms with Crippen molar-refractivity contribution >= 4 is 47.3 Å². The number of allylic oxidation sites excluding steroid dienone is 8. The number of hydrogen-bond acceptors (Lipinski definition) is 3. The molecule has 0 bridgehead atoms. The molecule has 3 heterocycles. The summed E-state index contributed by atoms with van der Waals surface area (Å²) in [5.74, 6) is 2.40. The molecule has 0 fully saturated rings. The zero-order valence-corrected chi connectivity index (χ0v) is 30.0. The van der Waals surface area contributed by atoms with Gasteiger partial charge in [-0.3, -0.25) is 9.13 Å². The Morgan fingerprint density at radius 3 is 2.04 bits per heavy atom. The van der Waals surface area contributed by atoms with Gasteiger partial charge in [-0.2, -0.15) is 0 Å². The monoisotopic (exact) mass is 691 g/mol. The van der Waals surface area contributed by atoms with E-state index in [2.05, 4.69) is 179 Å². The van der Waals surface area contributed by atoms with Crippen LogP contribution in [0.4, 0.5) is 5.69 Å². The van der Waals surface area contributed by atoms with E-state index in [9.17, 15) is 0 Å². The van der Waals surface area contributed by atoms with E-state index >= 15 is 0 Å². The number of hydrogen-bond donors (Lipinski definition) is 0. The van der Waals surface area contributed by atoms with Gasteiger partial charge in [-0.15, -0.1) is 0 Å².